The van der Waals surface area contributed by atoms with Gasteiger partial charge in [0.2, 0.25) is 0 Å². The summed E-state index contributed by atoms with van der Waals surface area (Å²) in [5.74, 6) is 0.736. The Balaban J connectivity index is 2.46. The average molecular weight is 245 g/mol. The van der Waals surface area contributed by atoms with Gasteiger partial charge in [-0.25, -0.2) is 0 Å². The van der Waals surface area contributed by atoms with Crippen molar-refractivity contribution in [3.8, 4) is 5.75 Å². The standard InChI is InChI=1S/C14H19N3O/c1-10(2)17-14(12(18-3)9-16-17)13(15)11-7-5-4-6-8-11/h4-10,13H,15H2,1-3H3. The lowest BCUT2D eigenvalue weighted by Crippen LogP contribution is -2.19. The van der Waals surface area contributed by atoms with Crippen LogP contribution in [0.4, 0.5) is 0 Å². The molecule has 1 aromatic carbocycles. The maximum absolute atomic E-state index is 6.33. The summed E-state index contributed by atoms with van der Waals surface area (Å²) in [4.78, 5) is 0. The summed E-state index contributed by atoms with van der Waals surface area (Å²) < 4.78 is 7.27. The van der Waals surface area contributed by atoms with Crippen LogP contribution in [0.1, 0.15) is 37.2 Å². The van der Waals surface area contributed by atoms with E-state index in [0.29, 0.717) is 0 Å². The van der Waals surface area contributed by atoms with E-state index in [4.69, 9.17) is 10.5 Å². The molecule has 4 nitrogen and oxygen atoms in total. The summed E-state index contributed by atoms with van der Waals surface area (Å²) in [6, 6.07) is 10.00. The Morgan fingerprint density at radius 2 is 1.89 bits per heavy atom. The van der Waals surface area contributed by atoms with Gasteiger partial charge in [0.1, 0.15) is 5.69 Å². The SMILES string of the molecule is COc1cnn(C(C)C)c1C(N)c1ccccc1. The maximum Gasteiger partial charge on any atom is 0.161 e. The molecule has 2 N–H and O–H groups in total. The number of hydrogen-bond donors (Lipinski definition) is 1. The van der Waals surface area contributed by atoms with E-state index in [0.717, 1.165) is 17.0 Å². The zero-order chi connectivity index (χ0) is 13.1. The van der Waals surface area contributed by atoms with Crippen molar-refractivity contribution in [1.82, 2.24) is 9.78 Å². The van der Waals surface area contributed by atoms with E-state index >= 15 is 0 Å². The lowest BCUT2D eigenvalue weighted by molar-refractivity contribution is 0.401. The van der Waals surface area contributed by atoms with Crippen molar-refractivity contribution in [1.29, 1.82) is 0 Å². The van der Waals surface area contributed by atoms with Crippen LogP contribution in [0.15, 0.2) is 36.5 Å². The molecule has 0 aliphatic rings. The van der Waals surface area contributed by atoms with Crippen LogP contribution in [0, 0.1) is 0 Å². The van der Waals surface area contributed by atoms with Gasteiger partial charge in [-0.15, -0.1) is 0 Å². The first-order chi connectivity index (χ1) is 8.65. The van der Waals surface area contributed by atoms with Crippen LogP contribution in [-0.2, 0) is 0 Å². The van der Waals surface area contributed by atoms with E-state index < -0.39 is 0 Å². The Hall–Kier alpha value is -1.81. The lowest BCUT2D eigenvalue weighted by atomic mass is 10.0. The van der Waals surface area contributed by atoms with E-state index in [2.05, 4.69) is 18.9 Å². The highest BCUT2D eigenvalue weighted by Gasteiger charge is 2.21. The molecule has 1 unspecified atom stereocenters. The highest BCUT2D eigenvalue weighted by Crippen LogP contribution is 2.29. The largest absolute Gasteiger partial charge is 0.493 e. The minimum Gasteiger partial charge on any atom is -0.493 e. The Morgan fingerprint density at radius 3 is 2.44 bits per heavy atom. The second kappa shape index (κ2) is 5.23. The normalized spacial score (nSPS) is 12.7. The van der Waals surface area contributed by atoms with E-state index in [1.165, 1.54) is 0 Å². The molecule has 18 heavy (non-hydrogen) atoms. The molecule has 96 valence electrons. The molecule has 1 atom stereocenters. The number of aromatic nitrogens is 2. The molecule has 0 bridgehead atoms. The van der Waals surface area contributed by atoms with Crippen LogP contribution >= 0.6 is 0 Å². The van der Waals surface area contributed by atoms with Gasteiger partial charge in [-0.05, 0) is 19.4 Å². The summed E-state index contributed by atoms with van der Waals surface area (Å²) in [5.41, 5.74) is 8.30. The molecular weight excluding hydrogens is 226 g/mol. The molecule has 2 aromatic rings. The Kier molecular flexibility index (Phi) is 3.67. The van der Waals surface area contributed by atoms with Gasteiger partial charge in [-0.3, -0.25) is 4.68 Å². The molecule has 0 fully saturated rings. The first-order valence-corrected chi connectivity index (χ1v) is 6.07. The topological polar surface area (TPSA) is 53.1 Å². The summed E-state index contributed by atoms with van der Waals surface area (Å²) >= 11 is 0. The van der Waals surface area contributed by atoms with E-state index in [1.54, 1.807) is 13.3 Å². The van der Waals surface area contributed by atoms with Crippen LogP contribution < -0.4 is 10.5 Å². The van der Waals surface area contributed by atoms with Gasteiger partial charge in [0.25, 0.3) is 0 Å². The van der Waals surface area contributed by atoms with Gasteiger partial charge >= 0.3 is 0 Å². The quantitative estimate of drug-likeness (QED) is 0.900. The molecule has 0 saturated carbocycles. The maximum atomic E-state index is 6.33. The van der Waals surface area contributed by atoms with Crippen molar-refractivity contribution in [2.75, 3.05) is 7.11 Å². The van der Waals surface area contributed by atoms with Gasteiger partial charge in [0, 0.05) is 6.04 Å². The van der Waals surface area contributed by atoms with E-state index in [9.17, 15) is 0 Å². The van der Waals surface area contributed by atoms with Gasteiger partial charge in [0.05, 0.1) is 19.3 Å². The van der Waals surface area contributed by atoms with Crippen LogP contribution in [0.2, 0.25) is 0 Å². The summed E-state index contributed by atoms with van der Waals surface area (Å²) in [6.45, 7) is 4.15. The predicted octanol–water partition coefficient (Wildman–Crippen LogP) is 2.52. The average Bonchev–Trinajstić information content (AvgIpc) is 2.82. The van der Waals surface area contributed by atoms with E-state index in [1.807, 2.05) is 35.0 Å². The molecule has 2 rings (SSSR count). The second-order valence-corrected chi connectivity index (χ2v) is 4.52. The molecule has 4 heteroatoms. The molecule has 1 aromatic heterocycles. The molecule has 0 saturated heterocycles. The molecule has 0 spiro atoms. The fraction of sp³-hybridized carbons (Fsp3) is 0.357. The Labute approximate surface area is 107 Å². The molecule has 0 amide bonds. The second-order valence-electron chi connectivity index (χ2n) is 4.52. The molecule has 0 aliphatic carbocycles. The fourth-order valence-electron chi connectivity index (χ4n) is 2.04. The molecule has 0 aliphatic heterocycles. The number of ether oxygens (including phenoxy) is 1. The molecule has 1 heterocycles. The minimum absolute atomic E-state index is 0.231. The van der Waals surface area contributed by atoms with Crippen molar-refractivity contribution < 1.29 is 4.74 Å². The number of benzene rings is 1. The van der Waals surface area contributed by atoms with E-state index in [-0.39, 0.29) is 12.1 Å². The van der Waals surface area contributed by atoms with Gasteiger partial charge < -0.3 is 10.5 Å². The number of nitrogens with two attached hydrogens (primary N) is 1. The summed E-state index contributed by atoms with van der Waals surface area (Å²) in [6.07, 6.45) is 1.72. The highest BCUT2D eigenvalue weighted by molar-refractivity contribution is 5.36. The van der Waals surface area contributed by atoms with Crippen LogP contribution in [0.25, 0.3) is 0 Å². The molecular formula is C14H19N3O. The third kappa shape index (κ3) is 2.24. The van der Waals surface area contributed by atoms with Crippen LogP contribution in [0.3, 0.4) is 0 Å². The van der Waals surface area contributed by atoms with Crippen LogP contribution in [0.5, 0.6) is 5.75 Å². The van der Waals surface area contributed by atoms with Crippen molar-refractivity contribution in [2.24, 2.45) is 5.73 Å². The number of rotatable bonds is 4. The monoisotopic (exact) mass is 245 g/mol. The number of nitrogens with zero attached hydrogens (tertiary/aromatic N) is 2. The van der Waals surface area contributed by atoms with Crippen molar-refractivity contribution in [3.05, 3.63) is 47.8 Å². The summed E-state index contributed by atoms with van der Waals surface area (Å²) in [7, 11) is 1.64. The Bertz CT molecular complexity index is 505. The Morgan fingerprint density at radius 1 is 1.22 bits per heavy atom. The van der Waals surface area contributed by atoms with Gasteiger partial charge in [0.15, 0.2) is 5.75 Å². The van der Waals surface area contributed by atoms with Crippen molar-refractivity contribution >= 4 is 0 Å². The zero-order valence-corrected chi connectivity index (χ0v) is 11.0. The van der Waals surface area contributed by atoms with Gasteiger partial charge in [-0.1, -0.05) is 30.3 Å². The lowest BCUT2D eigenvalue weighted by Gasteiger charge is -2.18. The fourth-order valence-corrected chi connectivity index (χ4v) is 2.04. The third-order valence-electron chi connectivity index (χ3n) is 2.96. The summed E-state index contributed by atoms with van der Waals surface area (Å²) in [5, 5.41) is 4.34. The number of methoxy groups -OCH3 is 1. The zero-order valence-electron chi connectivity index (χ0n) is 11.0. The van der Waals surface area contributed by atoms with Crippen molar-refractivity contribution in [3.63, 3.8) is 0 Å². The first-order valence-electron chi connectivity index (χ1n) is 6.07. The predicted molar refractivity (Wildman–Crippen MR) is 71.6 cm³/mol. The van der Waals surface area contributed by atoms with Gasteiger partial charge in [-0.2, -0.15) is 5.10 Å². The molecule has 0 radical (unpaired) electrons. The third-order valence-corrected chi connectivity index (χ3v) is 2.96. The first kappa shape index (κ1) is 12.6. The smallest absolute Gasteiger partial charge is 0.161 e. The minimum atomic E-state index is -0.231. The number of hydrogen-bond acceptors (Lipinski definition) is 3. The van der Waals surface area contributed by atoms with Crippen LogP contribution in [-0.4, -0.2) is 16.9 Å². The van der Waals surface area contributed by atoms with Crippen molar-refractivity contribution in [2.45, 2.75) is 25.9 Å². The highest BCUT2D eigenvalue weighted by atomic mass is 16.5.